The predicted octanol–water partition coefficient (Wildman–Crippen LogP) is 2.68. The Labute approximate surface area is 132 Å². The zero-order valence-corrected chi connectivity index (χ0v) is 12.9. The molecule has 0 saturated carbocycles. The van der Waals surface area contributed by atoms with E-state index in [1.807, 2.05) is 6.92 Å². The monoisotopic (exact) mass is 328 g/mol. The molecule has 8 heteroatoms. The number of aromatic nitrogens is 4. The first-order valence-electron chi connectivity index (χ1n) is 6.44. The van der Waals surface area contributed by atoms with Crippen LogP contribution in [-0.2, 0) is 29.1 Å². The molecular weight excluding hydrogens is 315 g/mol. The fourth-order valence-electron chi connectivity index (χ4n) is 1.73. The lowest BCUT2D eigenvalue weighted by atomic mass is 10.1. The number of hydrogen-bond acceptors (Lipinski definition) is 5. The van der Waals surface area contributed by atoms with Crippen LogP contribution in [0.1, 0.15) is 24.7 Å². The molecule has 0 N–H and O–H groups in total. The summed E-state index contributed by atoms with van der Waals surface area (Å²) >= 11 is 11.8. The Bertz CT molecular complexity index is 630. The van der Waals surface area contributed by atoms with Gasteiger partial charge in [0.15, 0.2) is 12.4 Å². The maximum absolute atomic E-state index is 11.8. The molecule has 0 saturated heterocycles. The Kier molecular flexibility index (Phi) is 5.52. The van der Waals surface area contributed by atoms with Crippen LogP contribution in [0, 0.1) is 0 Å². The minimum absolute atomic E-state index is 0.0387. The second-order valence-corrected chi connectivity index (χ2v) is 5.24. The maximum atomic E-state index is 11.8. The normalized spacial score (nSPS) is 10.6. The SMILES string of the molecule is CCCn1nnnc1COC(=O)Cc1ccc(Cl)cc1Cl. The number of ether oxygens (including phenoxy) is 1. The van der Waals surface area contributed by atoms with Crippen molar-refractivity contribution in [3.63, 3.8) is 0 Å². The van der Waals surface area contributed by atoms with Gasteiger partial charge in [0, 0.05) is 16.6 Å². The van der Waals surface area contributed by atoms with Gasteiger partial charge >= 0.3 is 5.97 Å². The summed E-state index contributed by atoms with van der Waals surface area (Å²) < 4.78 is 6.78. The molecule has 0 radical (unpaired) electrons. The van der Waals surface area contributed by atoms with Crippen molar-refractivity contribution >= 4 is 29.2 Å². The molecule has 0 fully saturated rings. The van der Waals surface area contributed by atoms with Crippen molar-refractivity contribution in [2.75, 3.05) is 0 Å². The van der Waals surface area contributed by atoms with Crippen LogP contribution in [0.4, 0.5) is 0 Å². The molecule has 21 heavy (non-hydrogen) atoms. The highest BCUT2D eigenvalue weighted by Crippen LogP contribution is 2.21. The van der Waals surface area contributed by atoms with E-state index in [-0.39, 0.29) is 13.0 Å². The smallest absolute Gasteiger partial charge is 0.310 e. The van der Waals surface area contributed by atoms with E-state index in [2.05, 4.69) is 15.5 Å². The Morgan fingerprint density at radius 3 is 2.90 bits per heavy atom. The average Bonchev–Trinajstić information content (AvgIpc) is 2.88. The molecule has 6 nitrogen and oxygen atoms in total. The number of benzene rings is 1. The molecule has 2 aromatic rings. The van der Waals surface area contributed by atoms with E-state index in [0.29, 0.717) is 28.0 Å². The van der Waals surface area contributed by atoms with Crippen molar-refractivity contribution in [1.29, 1.82) is 0 Å². The Morgan fingerprint density at radius 2 is 2.19 bits per heavy atom. The third kappa shape index (κ3) is 4.41. The van der Waals surface area contributed by atoms with Gasteiger partial charge < -0.3 is 4.74 Å². The lowest BCUT2D eigenvalue weighted by Crippen LogP contribution is -2.12. The Morgan fingerprint density at radius 1 is 1.38 bits per heavy atom. The minimum atomic E-state index is -0.398. The number of nitrogens with zero attached hydrogens (tertiary/aromatic N) is 4. The highest BCUT2D eigenvalue weighted by Gasteiger charge is 2.12. The third-order valence-corrected chi connectivity index (χ3v) is 3.34. The van der Waals surface area contributed by atoms with E-state index >= 15 is 0 Å². The van der Waals surface area contributed by atoms with Crippen molar-refractivity contribution in [2.24, 2.45) is 0 Å². The zero-order valence-electron chi connectivity index (χ0n) is 11.4. The van der Waals surface area contributed by atoms with Crippen molar-refractivity contribution < 1.29 is 9.53 Å². The number of esters is 1. The van der Waals surface area contributed by atoms with E-state index in [0.717, 1.165) is 6.42 Å². The van der Waals surface area contributed by atoms with E-state index in [4.69, 9.17) is 27.9 Å². The van der Waals surface area contributed by atoms with Gasteiger partial charge in [-0.05, 0) is 34.5 Å². The van der Waals surface area contributed by atoms with Crippen LogP contribution in [0.5, 0.6) is 0 Å². The molecule has 0 aliphatic rings. The van der Waals surface area contributed by atoms with E-state index < -0.39 is 5.97 Å². The first-order valence-corrected chi connectivity index (χ1v) is 7.20. The zero-order chi connectivity index (χ0) is 15.2. The van der Waals surface area contributed by atoms with Gasteiger partial charge in [-0.25, -0.2) is 4.68 Å². The van der Waals surface area contributed by atoms with Crippen LogP contribution in [0.2, 0.25) is 10.0 Å². The quantitative estimate of drug-likeness (QED) is 0.762. The van der Waals surface area contributed by atoms with Crippen molar-refractivity contribution in [2.45, 2.75) is 32.9 Å². The number of aryl methyl sites for hydroxylation is 1. The molecule has 0 spiro atoms. The van der Waals surface area contributed by atoms with Crippen molar-refractivity contribution in [3.8, 4) is 0 Å². The average molecular weight is 329 g/mol. The molecule has 0 unspecified atom stereocenters. The molecular formula is C13H14Cl2N4O2. The molecule has 1 heterocycles. The van der Waals surface area contributed by atoms with Gasteiger partial charge in [0.2, 0.25) is 0 Å². The van der Waals surface area contributed by atoms with Crippen LogP contribution < -0.4 is 0 Å². The summed E-state index contributed by atoms with van der Waals surface area (Å²) in [5.74, 6) is 0.123. The summed E-state index contributed by atoms with van der Waals surface area (Å²) in [5, 5.41) is 12.2. The maximum Gasteiger partial charge on any atom is 0.310 e. The summed E-state index contributed by atoms with van der Waals surface area (Å²) in [6.45, 7) is 2.74. The standard InChI is InChI=1S/C13H14Cl2N4O2/c1-2-5-19-12(16-17-18-19)8-21-13(20)6-9-3-4-10(14)7-11(9)15/h3-4,7H,2,5-6,8H2,1H3. The number of tetrazole rings is 1. The van der Waals surface area contributed by atoms with Crippen LogP contribution >= 0.6 is 23.2 Å². The fraction of sp³-hybridized carbons (Fsp3) is 0.385. The topological polar surface area (TPSA) is 69.9 Å². The van der Waals surface area contributed by atoms with Gasteiger partial charge in [-0.1, -0.05) is 36.2 Å². The number of carbonyl (C=O) groups excluding carboxylic acids is 1. The molecule has 1 aromatic carbocycles. The highest BCUT2D eigenvalue weighted by molar-refractivity contribution is 6.35. The highest BCUT2D eigenvalue weighted by atomic mass is 35.5. The first-order chi connectivity index (χ1) is 10.1. The van der Waals surface area contributed by atoms with E-state index in [9.17, 15) is 4.79 Å². The Hall–Kier alpha value is -1.66. The number of rotatable bonds is 6. The summed E-state index contributed by atoms with van der Waals surface area (Å²) in [6.07, 6.45) is 0.970. The van der Waals surface area contributed by atoms with Crippen molar-refractivity contribution in [3.05, 3.63) is 39.6 Å². The summed E-state index contributed by atoms with van der Waals surface area (Å²) in [4.78, 5) is 11.8. The molecule has 0 bridgehead atoms. The molecule has 0 aliphatic heterocycles. The minimum Gasteiger partial charge on any atom is -0.457 e. The summed E-state index contributed by atoms with van der Waals surface area (Å²) in [7, 11) is 0. The second-order valence-electron chi connectivity index (χ2n) is 4.39. The van der Waals surface area contributed by atoms with E-state index in [1.165, 1.54) is 0 Å². The molecule has 0 amide bonds. The van der Waals surface area contributed by atoms with E-state index in [1.54, 1.807) is 22.9 Å². The summed E-state index contributed by atoms with van der Waals surface area (Å²) in [6, 6.07) is 4.97. The van der Waals surface area contributed by atoms with Gasteiger partial charge in [0.25, 0.3) is 0 Å². The second kappa shape index (κ2) is 7.38. The molecule has 112 valence electrons. The van der Waals surface area contributed by atoms with Gasteiger partial charge in [0.1, 0.15) is 0 Å². The number of carbonyl (C=O) groups is 1. The van der Waals surface area contributed by atoms with Crippen LogP contribution in [0.3, 0.4) is 0 Å². The molecule has 0 aliphatic carbocycles. The largest absolute Gasteiger partial charge is 0.457 e. The van der Waals surface area contributed by atoms with Gasteiger partial charge in [-0.2, -0.15) is 0 Å². The van der Waals surface area contributed by atoms with Crippen LogP contribution in [-0.4, -0.2) is 26.2 Å². The number of hydrogen-bond donors (Lipinski definition) is 0. The van der Waals surface area contributed by atoms with Crippen LogP contribution in [0.15, 0.2) is 18.2 Å². The molecule has 1 aromatic heterocycles. The molecule has 2 rings (SSSR count). The van der Waals surface area contributed by atoms with Gasteiger partial charge in [-0.15, -0.1) is 5.10 Å². The fourth-order valence-corrected chi connectivity index (χ4v) is 2.20. The van der Waals surface area contributed by atoms with Crippen molar-refractivity contribution in [1.82, 2.24) is 20.2 Å². The predicted molar refractivity (Wildman–Crippen MR) is 78.1 cm³/mol. The van der Waals surface area contributed by atoms with Gasteiger partial charge in [-0.3, -0.25) is 4.79 Å². The lowest BCUT2D eigenvalue weighted by molar-refractivity contribution is -0.144. The summed E-state index contributed by atoms with van der Waals surface area (Å²) in [5.41, 5.74) is 0.666. The Balaban J connectivity index is 1.91. The third-order valence-electron chi connectivity index (χ3n) is 2.75. The van der Waals surface area contributed by atoms with Crippen LogP contribution in [0.25, 0.3) is 0 Å². The first kappa shape index (κ1) is 15.7. The lowest BCUT2D eigenvalue weighted by Gasteiger charge is -2.06. The molecule has 0 atom stereocenters. The number of halogens is 2. The van der Waals surface area contributed by atoms with Gasteiger partial charge in [0.05, 0.1) is 6.42 Å².